The summed E-state index contributed by atoms with van der Waals surface area (Å²) in [5.41, 5.74) is 0.573. The average molecular weight is 245 g/mol. The zero-order chi connectivity index (χ0) is 13.0. The first-order valence-electron chi connectivity index (χ1n) is 5.64. The summed E-state index contributed by atoms with van der Waals surface area (Å²) in [4.78, 5) is 16.1. The molecule has 1 amide bonds. The lowest BCUT2D eigenvalue weighted by atomic mass is 10.3. The Morgan fingerprint density at radius 2 is 2.11 bits per heavy atom. The number of ether oxygens (including phenoxy) is 1. The van der Waals surface area contributed by atoms with Crippen LogP contribution in [0.2, 0.25) is 0 Å². The van der Waals surface area contributed by atoms with Gasteiger partial charge in [-0.3, -0.25) is 4.79 Å². The fourth-order valence-corrected chi connectivity index (χ4v) is 1.63. The second-order valence-corrected chi connectivity index (χ2v) is 3.86. The average Bonchev–Trinajstić information content (AvgIpc) is 2.92. The number of rotatable bonds is 4. The third-order valence-corrected chi connectivity index (χ3v) is 2.68. The molecule has 0 radical (unpaired) electrons. The smallest absolute Gasteiger partial charge is 0.247 e. The molecule has 0 bridgehead atoms. The van der Waals surface area contributed by atoms with Crippen LogP contribution in [0, 0.1) is 0 Å². The fraction of sp³-hybridized carbons (Fsp3) is 0.231. The molecule has 0 aromatic carbocycles. The Balaban J connectivity index is 2.12. The highest BCUT2D eigenvalue weighted by molar-refractivity contribution is 5.94. The monoisotopic (exact) mass is 245 g/mol. The molecular formula is C13H15N3O2. The van der Waals surface area contributed by atoms with E-state index < -0.39 is 0 Å². The van der Waals surface area contributed by atoms with Gasteiger partial charge in [0.05, 0.1) is 7.11 Å². The van der Waals surface area contributed by atoms with E-state index in [1.54, 1.807) is 18.3 Å². The molecule has 0 aliphatic rings. The van der Waals surface area contributed by atoms with Gasteiger partial charge < -0.3 is 14.6 Å². The lowest BCUT2D eigenvalue weighted by Gasteiger charge is -2.14. The third kappa shape index (κ3) is 2.51. The summed E-state index contributed by atoms with van der Waals surface area (Å²) in [5, 5.41) is 2.80. The lowest BCUT2D eigenvalue weighted by Crippen LogP contribution is -2.23. The van der Waals surface area contributed by atoms with Gasteiger partial charge in [0, 0.05) is 18.6 Å². The Kier molecular flexibility index (Phi) is 3.62. The quantitative estimate of drug-likeness (QED) is 0.897. The van der Waals surface area contributed by atoms with Crippen molar-refractivity contribution in [2.45, 2.75) is 13.0 Å². The maximum Gasteiger partial charge on any atom is 0.247 e. The van der Waals surface area contributed by atoms with Gasteiger partial charge in [0.1, 0.15) is 11.7 Å². The summed E-state index contributed by atoms with van der Waals surface area (Å²) in [6.45, 7) is 1.83. The number of anilines is 1. The molecule has 5 heteroatoms. The zero-order valence-corrected chi connectivity index (χ0v) is 10.3. The number of methoxy groups -OCH3 is 1. The minimum absolute atomic E-state index is 0.113. The van der Waals surface area contributed by atoms with E-state index in [1.807, 2.05) is 36.0 Å². The molecule has 1 unspecified atom stereocenters. The van der Waals surface area contributed by atoms with Gasteiger partial charge in [-0.15, -0.1) is 0 Å². The topological polar surface area (TPSA) is 56.1 Å². The van der Waals surface area contributed by atoms with Crippen LogP contribution in [0.4, 0.5) is 5.69 Å². The molecule has 2 rings (SSSR count). The Hall–Kier alpha value is -2.30. The van der Waals surface area contributed by atoms with E-state index in [2.05, 4.69) is 10.3 Å². The summed E-state index contributed by atoms with van der Waals surface area (Å²) >= 11 is 0. The largest absolute Gasteiger partial charge is 0.480 e. The van der Waals surface area contributed by atoms with Crippen molar-refractivity contribution >= 4 is 11.6 Å². The third-order valence-electron chi connectivity index (χ3n) is 2.68. The molecule has 0 fully saturated rings. The van der Waals surface area contributed by atoms with Crippen LogP contribution in [0.15, 0.2) is 42.9 Å². The van der Waals surface area contributed by atoms with E-state index in [1.165, 1.54) is 7.11 Å². The van der Waals surface area contributed by atoms with E-state index in [0.717, 1.165) is 0 Å². The predicted octanol–water partition coefficient (Wildman–Crippen LogP) is 2.09. The van der Waals surface area contributed by atoms with Gasteiger partial charge >= 0.3 is 0 Å². The number of carbonyl (C=O) groups is 1. The SMILES string of the molecule is COc1ncccc1NC(=O)C(C)n1cccc1. The van der Waals surface area contributed by atoms with Crippen LogP contribution >= 0.6 is 0 Å². The number of carbonyl (C=O) groups excluding carboxylic acids is 1. The highest BCUT2D eigenvalue weighted by Gasteiger charge is 2.15. The summed E-state index contributed by atoms with van der Waals surface area (Å²) in [6.07, 6.45) is 5.32. The van der Waals surface area contributed by atoms with Gasteiger partial charge in [-0.25, -0.2) is 4.98 Å². The second kappa shape index (κ2) is 5.35. The van der Waals surface area contributed by atoms with E-state index >= 15 is 0 Å². The highest BCUT2D eigenvalue weighted by atomic mass is 16.5. The summed E-state index contributed by atoms with van der Waals surface area (Å²) in [7, 11) is 1.52. The molecule has 2 heterocycles. The van der Waals surface area contributed by atoms with Gasteiger partial charge in [-0.05, 0) is 31.2 Å². The number of hydrogen-bond donors (Lipinski definition) is 1. The molecule has 18 heavy (non-hydrogen) atoms. The first-order chi connectivity index (χ1) is 8.72. The number of nitrogens with zero attached hydrogens (tertiary/aromatic N) is 2. The van der Waals surface area contributed by atoms with E-state index in [9.17, 15) is 4.79 Å². The maximum atomic E-state index is 12.1. The molecule has 0 saturated carbocycles. The number of pyridine rings is 1. The molecule has 1 N–H and O–H groups in total. The van der Waals surface area contributed by atoms with Crippen LogP contribution in [0.1, 0.15) is 13.0 Å². The summed E-state index contributed by atoms with van der Waals surface area (Å²) in [5.74, 6) is 0.294. The molecular weight excluding hydrogens is 230 g/mol. The summed E-state index contributed by atoms with van der Waals surface area (Å²) in [6, 6.07) is 6.98. The molecule has 2 aromatic heterocycles. The molecule has 2 aromatic rings. The predicted molar refractivity (Wildman–Crippen MR) is 68.6 cm³/mol. The highest BCUT2D eigenvalue weighted by Crippen LogP contribution is 2.21. The van der Waals surface area contributed by atoms with Gasteiger partial charge in [0.25, 0.3) is 0 Å². The van der Waals surface area contributed by atoms with Crippen molar-refractivity contribution in [3.05, 3.63) is 42.9 Å². The van der Waals surface area contributed by atoms with Crippen molar-refractivity contribution in [1.82, 2.24) is 9.55 Å². The van der Waals surface area contributed by atoms with Crippen molar-refractivity contribution < 1.29 is 9.53 Å². The standard InChI is InChI=1S/C13H15N3O2/c1-10(16-8-3-4-9-16)12(17)15-11-6-5-7-14-13(11)18-2/h3-10H,1-2H3,(H,15,17). The second-order valence-electron chi connectivity index (χ2n) is 3.86. The summed E-state index contributed by atoms with van der Waals surface area (Å²) < 4.78 is 6.92. The molecule has 0 saturated heterocycles. The van der Waals surface area contributed by atoms with Crippen molar-refractivity contribution in [3.8, 4) is 5.88 Å². The molecule has 5 nitrogen and oxygen atoms in total. The number of aromatic nitrogens is 2. The van der Waals surface area contributed by atoms with Crippen LogP contribution in [-0.2, 0) is 4.79 Å². The van der Waals surface area contributed by atoms with Gasteiger partial charge in [-0.1, -0.05) is 0 Å². The Morgan fingerprint density at radius 3 is 2.78 bits per heavy atom. The number of hydrogen-bond acceptors (Lipinski definition) is 3. The van der Waals surface area contributed by atoms with Gasteiger partial charge in [0.15, 0.2) is 0 Å². The molecule has 0 aliphatic heterocycles. The molecule has 0 spiro atoms. The van der Waals surface area contributed by atoms with Crippen LogP contribution in [-0.4, -0.2) is 22.6 Å². The van der Waals surface area contributed by atoms with Crippen LogP contribution < -0.4 is 10.1 Å². The fourth-order valence-electron chi connectivity index (χ4n) is 1.63. The normalized spacial score (nSPS) is 11.9. The first kappa shape index (κ1) is 12.2. The minimum Gasteiger partial charge on any atom is -0.480 e. The molecule has 1 atom stereocenters. The van der Waals surface area contributed by atoms with Crippen molar-refractivity contribution in [1.29, 1.82) is 0 Å². The van der Waals surface area contributed by atoms with E-state index in [0.29, 0.717) is 11.6 Å². The Labute approximate surface area is 105 Å². The van der Waals surface area contributed by atoms with Crippen molar-refractivity contribution in [3.63, 3.8) is 0 Å². The maximum absolute atomic E-state index is 12.1. The van der Waals surface area contributed by atoms with E-state index in [4.69, 9.17) is 4.74 Å². The van der Waals surface area contributed by atoms with Gasteiger partial charge in [0.2, 0.25) is 11.8 Å². The van der Waals surface area contributed by atoms with Crippen LogP contribution in [0.5, 0.6) is 5.88 Å². The zero-order valence-electron chi connectivity index (χ0n) is 10.3. The molecule has 94 valence electrons. The van der Waals surface area contributed by atoms with E-state index in [-0.39, 0.29) is 11.9 Å². The van der Waals surface area contributed by atoms with Crippen LogP contribution in [0.3, 0.4) is 0 Å². The van der Waals surface area contributed by atoms with Gasteiger partial charge in [-0.2, -0.15) is 0 Å². The number of amides is 1. The Bertz CT molecular complexity index is 523. The lowest BCUT2D eigenvalue weighted by molar-refractivity contribution is -0.118. The van der Waals surface area contributed by atoms with Crippen LogP contribution in [0.25, 0.3) is 0 Å². The van der Waals surface area contributed by atoms with Crippen molar-refractivity contribution in [2.75, 3.05) is 12.4 Å². The minimum atomic E-state index is -0.287. The first-order valence-corrected chi connectivity index (χ1v) is 5.64. The Morgan fingerprint density at radius 1 is 1.39 bits per heavy atom. The molecule has 0 aliphatic carbocycles. The van der Waals surface area contributed by atoms with Crippen molar-refractivity contribution in [2.24, 2.45) is 0 Å². The number of nitrogens with one attached hydrogen (secondary N) is 1.